The Morgan fingerprint density at radius 1 is 1.02 bits per heavy atom. The van der Waals surface area contributed by atoms with Crippen molar-refractivity contribution in [3.05, 3.63) is 76.1 Å². The van der Waals surface area contributed by atoms with E-state index >= 15 is 0 Å². The van der Waals surface area contributed by atoms with Crippen LogP contribution in [0.3, 0.4) is 0 Å². The molecule has 1 aromatic heterocycles. The van der Waals surface area contributed by atoms with Gasteiger partial charge in [0.05, 0.1) is 43.3 Å². The zero-order valence-corrected chi connectivity index (χ0v) is 30.8. The number of ether oxygens (including phenoxy) is 3. The first-order valence-electron chi connectivity index (χ1n) is 17.4. The maximum atomic E-state index is 14.9. The first-order valence-corrected chi connectivity index (χ1v) is 19.9. The molecule has 0 bridgehead atoms. The Morgan fingerprint density at radius 3 is 2.34 bits per heavy atom. The molecule has 0 N–H and O–H groups in total. The molecule has 0 spiro atoms. The number of para-hydroxylation sites is 1. The minimum atomic E-state index is -2.01. The van der Waals surface area contributed by atoms with Gasteiger partial charge in [-0.15, -0.1) is 0 Å². The zero-order valence-electron chi connectivity index (χ0n) is 29.0. The molecule has 2 atom stereocenters. The van der Waals surface area contributed by atoms with E-state index < -0.39 is 19.9 Å². The number of hydrogen-bond donors (Lipinski definition) is 0. The Kier molecular flexibility index (Phi) is 10.1. The van der Waals surface area contributed by atoms with Crippen molar-refractivity contribution in [1.29, 1.82) is 0 Å². The molecule has 2 saturated heterocycles. The summed E-state index contributed by atoms with van der Waals surface area (Å²) in [5.41, 5.74) is 4.20. The SMILES string of the molecule is CC(C)[Si](OCc1cnc(CN2CCC(c3cccc4c3OC(C)(c3ccc(Cl)cc3F)O4)CC2)n1C[C@@H]1CCO1)(C(C)C)C(C)C. The minimum Gasteiger partial charge on any atom is -0.444 e. The highest BCUT2D eigenvalue weighted by molar-refractivity contribution is 6.77. The standard InChI is InChI=1S/C37H51ClFN3O4Si/c1-24(2)47(25(3)4,26(5)6)44-23-29-20-40-35(42(29)21-30-15-18-43-30)22-41-16-13-27(14-17-41)31-9-8-10-34-36(31)46-37(7,45-34)32-12-11-28(38)19-33(32)39/h8-12,19-20,24-27,30H,13-18,21-23H2,1-7H3/t30-,37?/m0/s1. The number of aromatic nitrogens is 2. The van der Waals surface area contributed by atoms with Gasteiger partial charge >= 0.3 is 0 Å². The third-order valence-electron chi connectivity index (χ3n) is 10.8. The predicted octanol–water partition coefficient (Wildman–Crippen LogP) is 9.18. The number of imidazole rings is 1. The van der Waals surface area contributed by atoms with Crippen LogP contribution in [0.2, 0.25) is 21.6 Å². The van der Waals surface area contributed by atoms with Gasteiger partial charge in [0.2, 0.25) is 8.32 Å². The van der Waals surface area contributed by atoms with Crippen molar-refractivity contribution < 1.29 is 23.0 Å². The lowest BCUT2D eigenvalue weighted by atomic mass is 9.88. The highest BCUT2D eigenvalue weighted by atomic mass is 35.5. The van der Waals surface area contributed by atoms with E-state index in [4.69, 9.17) is 35.2 Å². The number of fused-ring (bicyclic) bond motifs is 1. The van der Waals surface area contributed by atoms with E-state index in [9.17, 15) is 4.39 Å². The Bertz CT molecular complexity index is 1530. The Labute approximate surface area is 285 Å². The molecule has 3 aliphatic rings. The smallest absolute Gasteiger partial charge is 0.278 e. The largest absolute Gasteiger partial charge is 0.444 e. The van der Waals surface area contributed by atoms with Crippen LogP contribution in [0.1, 0.15) is 96.3 Å². The summed E-state index contributed by atoms with van der Waals surface area (Å²) in [5, 5.41) is 0.341. The van der Waals surface area contributed by atoms with Crippen molar-refractivity contribution in [2.75, 3.05) is 19.7 Å². The van der Waals surface area contributed by atoms with E-state index in [1.54, 1.807) is 19.1 Å². The maximum absolute atomic E-state index is 14.9. The number of likely N-dealkylation sites (tertiary alicyclic amines) is 1. The maximum Gasteiger partial charge on any atom is 0.278 e. The van der Waals surface area contributed by atoms with E-state index in [0.29, 0.717) is 51.2 Å². The van der Waals surface area contributed by atoms with Crippen LogP contribution in [0.5, 0.6) is 11.5 Å². The number of benzene rings is 2. The fraction of sp³-hybridized carbons (Fsp3) is 0.595. The molecule has 0 saturated carbocycles. The normalized spacial score (nSPS) is 22.1. The number of hydrogen-bond acceptors (Lipinski definition) is 6. The van der Waals surface area contributed by atoms with Gasteiger partial charge in [0, 0.05) is 24.1 Å². The molecule has 0 radical (unpaired) electrons. The molecule has 1 unspecified atom stereocenters. The molecule has 4 heterocycles. The van der Waals surface area contributed by atoms with Crippen LogP contribution in [0.15, 0.2) is 42.6 Å². The second-order valence-electron chi connectivity index (χ2n) is 14.7. The Morgan fingerprint density at radius 2 is 1.72 bits per heavy atom. The average molecular weight is 684 g/mol. The van der Waals surface area contributed by atoms with Crippen molar-refractivity contribution in [2.24, 2.45) is 0 Å². The summed E-state index contributed by atoms with van der Waals surface area (Å²) in [7, 11) is -2.01. The zero-order chi connectivity index (χ0) is 33.5. The number of piperidine rings is 1. The van der Waals surface area contributed by atoms with Gasteiger partial charge in [-0.2, -0.15) is 0 Å². The van der Waals surface area contributed by atoms with Crippen LogP contribution in [0.25, 0.3) is 0 Å². The summed E-state index contributed by atoms with van der Waals surface area (Å²) in [6.07, 6.45) is 5.33. The molecule has 7 nitrogen and oxygen atoms in total. The van der Waals surface area contributed by atoms with Gasteiger partial charge in [0.1, 0.15) is 11.6 Å². The van der Waals surface area contributed by atoms with Gasteiger partial charge in [0.15, 0.2) is 11.5 Å². The fourth-order valence-electron chi connectivity index (χ4n) is 8.29. The summed E-state index contributed by atoms with van der Waals surface area (Å²) < 4.78 is 42.8. The number of nitrogens with zero attached hydrogens (tertiary/aromatic N) is 3. The van der Waals surface area contributed by atoms with Gasteiger partial charge in [0.25, 0.3) is 5.79 Å². The lowest BCUT2D eigenvalue weighted by molar-refractivity contribution is -0.0712. The van der Waals surface area contributed by atoms with Gasteiger partial charge < -0.3 is 23.2 Å². The molecule has 256 valence electrons. The molecule has 3 aliphatic heterocycles. The van der Waals surface area contributed by atoms with E-state index in [0.717, 1.165) is 69.1 Å². The van der Waals surface area contributed by atoms with E-state index in [2.05, 4.69) is 57.1 Å². The molecule has 10 heteroatoms. The third kappa shape index (κ3) is 6.75. The predicted molar refractivity (Wildman–Crippen MR) is 186 cm³/mol. The molecular weight excluding hydrogens is 633 g/mol. The molecule has 2 aromatic carbocycles. The molecule has 0 aliphatic carbocycles. The minimum absolute atomic E-state index is 0.240. The number of halogens is 2. The van der Waals surface area contributed by atoms with Gasteiger partial charge in [-0.05, 0) is 79.2 Å². The summed E-state index contributed by atoms with van der Waals surface area (Å²) in [6, 6.07) is 10.6. The highest BCUT2D eigenvalue weighted by Gasteiger charge is 2.46. The second kappa shape index (κ2) is 13.8. The average Bonchev–Trinajstić information content (AvgIpc) is 3.54. The van der Waals surface area contributed by atoms with Crippen molar-refractivity contribution >= 4 is 19.9 Å². The van der Waals surface area contributed by atoms with Crippen LogP contribution in [-0.4, -0.2) is 48.6 Å². The first-order chi connectivity index (χ1) is 22.4. The van der Waals surface area contributed by atoms with Crippen LogP contribution >= 0.6 is 11.6 Å². The molecule has 2 fully saturated rings. The fourth-order valence-corrected chi connectivity index (χ4v) is 13.8. The lowest BCUT2D eigenvalue weighted by Gasteiger charge is -2.42. The summed E-state index contributed by atoms with van der Waals surface area (Å²) >= 11 is 6.01. The molecular formula is C37H51ClFN3O4Si. The topological polar surface area (TPSA) is 58.0 Å². The van der Waals surface area contributed by atoms with Crippen LogP contribution < -0.4 is 9.47 Å². The quantitative estimate of drug-likeness (QED) is 0.178. The molecule has 3 aromatic rings. The Balaban J connectivity index is 1.14. The molecule has 0 amide bonds. The van der Waals surface area contributed by atoms with E-state index in [1.165, 1.54) is 6.07 Å². The van der Waals surface area contributed by atoms with Crippen LogP contribution in [0, 0.1) is 5.82 Å². The van der Waals surface area contributed by atoms with Crippen LogP contribution in [0.4, 0.5) is 4.39 Å². The van der Waals surface area contributed by atoms with Crippen molar-refractivity contribution in [3.63, 3.8) is 0 Å². The lowest BCUT2D eigenvalue weighted by Crippen LogP contribution is -2.47. The van der Waals surface area contributed by atoms with Crippen molar-refractivity contribution in [3.8, 4) is 11.5 Å². The highest BCUT2D eigenvalue weighted by Crippen LogP contribution is 2.50. The first kappa shape index (κ1) is 34.4. The van der Waals surface area contributed by atoms with Crippen molar-refractivity contribution in [2.45, 2.75) is 122 Å². The second-order valence-corrected chi connectivity index (χ2v) is 20.6. The summed E-state index contributed by atoms with van der Waals surface area (Å²) in [4.78, 5) is 7.47. The number of rotatable bonds is 12. The van der Waals surface area contributed by atoms with Gasteiger partial charge in [-0.25, -0.2) is 9.37 Å². The van der Waals surface area contributed by atoms with E-state index in [1.807, 2.05) is 18.3 Å². The van der Waals surface area contributed by atoms with Gasteiger partial charge in [-0.3, -0.25) is 4.90 Å². The van der Waals surface area contributed by atoms with Crippen molar-refractivity contribution in [1.82, 2.24) is 14.5 Å². The van der Waals surface area contributed by atoms with Gasteiger partial charge in [-0.1, -0.05) is 65.3 Å². The summed E-state index contributed by atoms with van der Waals surface area (Å²) in [5.74, 6) is 1.07. The summed E-state index contributed by atoms with van der Waals surface area (Å²) in [6.45, 7) is 20.7. The Hall–Kier alpha value is -2.43. The molecule has 47 heavy (non-hydrogen) atoms. The monoisotopic (exact) mass is 683 g/mol. The van der Waals surface area contributed by atoms with Crippen LogP contribution in [-0.2, 0) is 34.6 Å². The molecule has 6 rings (SSSR count). The third-order valence-corrected chi connectivity index (χ3v) is 17.1. The van der Waals surface area contributed by atoms with E-state index in [-0.39, 0.29) is 6.10 Å².